The number of nitrogen functional groups attached to an aromatic ring is 1. The molecule has 1 saturated carbocycles. The fraction of sp³-hybridized carbons (Fsp3) is 0.683. The van der Waals surface area contributed by atoms with Crippen LogP contribution in [0.25, 0.3) is 5.52 Å². The standard InChI is InChI=1S/C41H61FN5O8P/c1-3-4-5-6-7-8-9-10-11-12-13-14-15-16-17-18-19-20-32(52-27-30-21-22-31(26-43)33(42)25-30)28-53-56(50,51)55-37-36-41(37,49)39(48)40(2,54-36)35-24-23-34-38(44)45-29-46-47(34)35/h21-25,29,32,36-37,39,48-49H,3-20,27-28H2,1-2H3,(H,50,51)(H2,44,45,46)/t32-,36-,37?,39+,40+,41+/m1/s1. The summed E-state index contributed by atoms with van der Waals surface area (Å²) in [4.78, 5) is 14.7. The molecular weight excluding hydrogens is 740 g/mol. The number of hydrogen-bond donors (Lipinski definition) is 4. The van der Waals surface area contributed by atoms with Crippen molar-refractivity contribution >= 4 is 19.2 Å². The third kappa shape index (κ3) is 11.1. The predicted octanol–water partition coefficient (Wildman–Crippen LogP) is 8.17. The fourth-order valence-electron chi connectivity index (χ4n) is 7.85. The Morgan fingerprint density at radius 2 is 1.61 bits per heavy atom. The van der Waals surface area contributed by atoms with E-state index in [-0.39, 0.29) is 24.6 Å². The van der Waals surface area contributed by atoms with Crippen LogP contribution in [-0.4, -0.2) is 66.3 Å². The average molecular weight is 802 g/mol. The Hall–Kier alpha value is -2.99. The van der Waals surface area contributed by atoms with Crippen LogP contribution in [0.5, 0.6) is 0 Å². The van der Waals surface area contributed by atoms with Gasteiger partial charge in [-0.2, -0.15) is 10.4 Å². The summed E-state index contributed by atoms with van der Waals surface area (Å²) >= 11 is 0. The number of nitrogens with zero attached hydrogens (tertiary/aromatic N) is 4. The first-order valence-electron chi connectivity index (χ1n) is 20.6. The second-order valence-corrected chi connectivity index (χ2v) is 17.1. The highest BCUT2D eigenvalue weighted by molar-refractivity contribution is 7.47. The number of aliphatic hydroxyl groups is 2. The molecule has 0 amide bonds. The van der Waals surface area contributed by atoms with E-state index in [4.69, 9.17) is 29.5 Å². The molecule has 7 atom stereocenters. The Kier molecular flexibility index (Phi) is 16.2. The number of hydrogen-bond acceptors (Lipinski definition) is 11. The molecule has 1 aliphatic carbocycles. The predicted molar refractivity (Wildman–Crippen MR) is 210 cm³/mol. The first-order valence-corrected chi connectivity index (χ1v) is 22.1. The lowest BCUT2D eigenvalue weighted by Gasteiger charge is -2.32. The third-order valence-electron chi connectivity index (χ3n) is 11.3. The molecule has 1 aromatic carbocycles. The molecule has 0 spiro atoms. The Balaban J connectivity index is 1.04. The van der Waals surface area contributed by atoms with Crippen LogP contribution in [0.2, 0.25) is 0 Å². The Morgan fingerprint density at radius 3 is 2.16 bits per heavy atom. The van der Waals surface area contributed by atoms with Crippen molar-refractivity contribution in [3.8, 4) is 6.07 Å². The van der Waals surface area contributed by atoms with Gasteiger partial charge < -0.3 is 30.3 Å². The Bertz CT molecular complexity index is 1790. The van der Waals surface area contributed by atoms with Gasteiger partial charge in [0, 0.05) is 0 Å². The van der Waals surface area contributed by atoms with E-state index in [1.54, 1.807) is 31.2 Å². The molecule has 2 unspecified atom stereocenters. The summed E-state index contributed by atoms with van der Waals surface area (Å²) in [6.07, 6.45) is 18.3. The number of phosphoric ester groups is 1. The van der Waals surface area contributed by atoms with Gasteiger partial charge >= 0.3 is 7.82 Å². The minimum Gasteiger partial charge on any atom is -0.386 e. The van der Waals surface area contributed by atoms with Crippen molar-refractivity contribution in [2.75, 3.05) is 12.3 Å². The Labute approximate surface area is 330 Å². The zero-order valence-corrected chi connectivity index (χ0v) is 33.9. The van der Waals surface area contributed by atoms with Crippen molar-refractivity contribution in [3.05, 3.63) is 59.3 Å². The monoisotopic (exact) mass is 801 g/mol. The minimum atomic E-state index is -4.77. The van der Waals surface area contributed by atoms with Gasteiger partial charge in [0.1, 0.15) is 47.6 Å². The van der Waals surface area contributed by atoms with Gasteiger partial charge in [-0.1, -0.05) is 122 Å². The smallest absolute Gasteiger partial charge is 0.386 e. The number of benzene rings is 1. The molecule has 3 heterocycles. The molecule has 56 heavy (non-hydrogen) atoms. The summed E-state index contributed by atoms with van der Waals surface area (Å²) in [5.41, 5.74) is 3.85. The molecule has 0 radical (unpaired) electrons. The van der Waals surface area contributed by atoms with E-state index in [9.17, 15) is 24.1 Å². The zero-order valence-electron chi connectivity index (χ0n) is 33.0. The second-order valence-electron chi connectivity index (χ2n) is 15.7. The number of unbranched alkanes of at least 4 members (excludes halogenated alkanes) is 16. The van der Waals surface area contributed by atoms with Crippen molar-refractivity contribution in [3.63, 3.8) is 0 Å². The number of anilines is 1. The van der Waals surface area contributed by atoms with Crippen LogP contribution in [0.3, 0.4) is 0 Å². The molecule has 0 bridgehead atoms. The largest absolute Gasteiger partial charge is 0.472 e. The first-order chi connectivity index (χ1) is 26.9. The Morgan fingerprint density at radius 1 is 1.00 bits per heavy atom. The quantitative estimate of drug-likeness (QED) is 0.0427. The van der Waals surface area contributed by atoms with E-state index in [1.807, 2.05) is 0 Å². The fourth-order valence-corrected chi connectivity index (χ4v) is 8.83. The topological polar surface area (TPSA) is 195 Å². The number of nitriles is 1. The van der Waals surface area contributed by atoms with Gasteiger partial charge in [0.05, 0.1) is 30.6 Å². The maximum Gasteiger partial charge on any atom is 0.472 e. The molecule has 1 saturated heterocycles. The van der Waals surface area contributed by atoms with E-state index >= 15 is 0 Å². The maximum atomic E-state index is 14.3. The molecule has 5 N–H and O–H groups in total. The molecular formula is C41H61FN5O8P. The maximum absolute atomic E-state index is 14.3. The van der Waals surface area contributed by atoms with E-state index in [0.717, 1.165) is 25.7 Å². The molecule has 2 aliphatic rings. The van der Waals surface area contributed by atoms with Crippen molar-refractivity contribution < 1.29 is 42.6 Å². The summed E-state index contributed by atoms with van der Waals surface area (Å²) in [5, 5.41) is 35.9. The average Bonchev–Trinajstić information content (AvgIpc) is 3.42. The first kappa shape index (κ1) is 44.1. The summed E-state index contributed by atoms with van der Waals surface area (Å²) < 4.78 is 51.7. The summed E-state index contributed by atoms with van der Waals surface area (Å²) in [6.45, 7) is 3.53. The normalized spacial score (nSPS) is 24.6. The van der Waals surface area contributed by atoms with E-state index in [2.05, 4.69) is 17.0 Å². The van der Waals surface area contributed by atoms with Crippen LogP contribution in [0, 0.1) is 17.1 Å². The molecule has 2 fully saturated rings. The summed E-state index contributed by atoms with van der Waals surface area (Å²) in [7, 11) is -4.77. The lowest BCUT2D eigenvalue weighted by atomic mass is 9.91. The van der Waals surface area contributed by atoms with Gasteiger partial charge in [-0.3, -0.25) is 9.05 Å². The number of ether oxygens (including phenoxy) is 2. The van der Waals surface area contributed by atoms with Crippen LogP contribution in [-0.2, 0) is 35.3 Å². The number of aliphatic hydroxyl groups excluding tert-OH is 1. The van der Waals surface area contributed by atoms with Crippen molar-refractivity contribution in [1.29, 1.82) is 5.26 Å². The summed E-state index contributed by atoms with van der Waals surface area (Å²) in [6, 6.07) is 9.33. The number of halogens is 1. The van der Waals surface area contributed by atoms with E-state index in [1.165, 1.54) is 106 Å². The van der Waals surface area contributed by atoms with Gasteiger partial charge in [0.2, 0.25) is 0 Å². The molecule has 13 nitrogen and oxygen atoms in total. The number of rotatable bonds is 27. The zero-order chi connectivity index (χ0) is 40.2. The molecule has 15 heteroatoms. The lowest BCUT2D eigenvalue weighted by molar-refractivity contribution is -0.127. The van der Waals surface area contributed by atoms with Crippen molar-refractivity contribution in [2.24, 2.45) is 0 Å². The number of fused-ring (bicyclic) bond motifs is 2. The van der Waals surface area contributed by atoms with Crippen LogP contribution in [0.15, 0.2) is 36.7 Å². The molecule has 1 aliphatic heterocycles. The molecule has 3 aromatic rings. The summed E-state index contributed by atoms with van der Waals surface area (Å²) in [5.74, 6) is -0.430. The highest BCUT2D eigenvalue weighted by Gasteiger charge is 2.82. The van der Waals surface area contributed by atoms with Gasteiger partial charge in [0.25, 0.3) is 0 Å². The highest BCUT2D eigenvalue weighted by atomic mass is 31.2. The number of phosphoric acid groups is 1. The van der Waals surface area contributed by atoms with Gasteiger partial charge in [0.15, 0.2) is 11.4 Å². The SMILES string of the molecule is CCCCCCCCCCCCCCCCCCC[C@H](COP(=O)(O)OC1[C@H]2O[C@@](C)(c3ccc4c(N)ncnn34)[C@H](O)[C@@]12O)OCc1ccc(C#N)c(F)c1. The van der Waals surface area contributed by atoms with Crippen LogP contribution in [0.4, 0.5) is 10.2 Å². The van der Waals surface area contributed by atoms with Crippen molar-refractivity contribution in [1.82, 2.24) is 14.6 Å². The minimum absolute atomic E-state index is 0.000254. The molecule has 310 valence electrons. The third-order valence-corrected chi connectivity index (χ3v) is 12.3. The number of nitrogens with two attached hydrogens (primary N) is 1. The molecule has 2 aromatic heterocycles. The van der Waals surface area contributed by atoms with Gasteiger partial charge in [-0.25, -0.2) is 18.5 Å². The molecule has 5 rings (SSSR count). The van der Waals surface area contributed by atoms with Crippen LogP contribution >= 0.6 is 7.82 Å². The van der Waals surface area contributed by atoms with Gasteiger partial charge in [-0.15, -0.1) is 0 Å². The van der Waals surface area contributed by atoms with Gasteiger partial charge in [-0.05, 0) is 43.2 Å². The highest BCUT2D eigenvalue weighted by Crippen LogP contribution is 2.63. The van der Waals surface area contributed by atoms with Crippen LogP contribution < -0.4 is 5.73 Å². The lowest BCUT2D eigenvalue weighted by Crippen LogP contribution is -2.46. The second kappa shape index (κ2) is 20.6. The van der Waals surface area contributed by atoms with Crippen LogP contribution in [0.1, 0.15) is 146 Å². The van der Waals surface area contributed by atoms with E-state index in [0.29, 0.717) is 23.2 Å². The van der Waals surface area contributed by atoms with E-state index < -0.39 is 49.3 Å². The number of aromatic nitrogens is 3. The van der Waals surface area contributed by atoms with Crippen molar-refractivity contribution in [2.45, 2.75) is 172 Å².